The van der Waals surface area contributed by atoms with E-state index in [2.05, 4.69) is 15.3 Å². The lowest BCUT2D eigenvalue weighted by Crippen LogP contribution is -2.21. The van der Waals surface area contributed by atoms with E-state index in [0.717, 1.165) is 10.4 Å². The minimum absolute atomic E-state index is 0.174. The SMILES string of the molecule is CCn1c(=S)[nH]c2cc(C(=O)Nc3ncc(Cc4ccccc4Cl)s3)ccc2c1=O. The van der Waals surface area contributed by atoms with Gasteiger partial charge in [0.05, 0.1) is 10.9 Å². The van der Waals surface area contributed by atoms with Crippen LogP contribution in [-0.4, -0.2) is 20.4 Å². The maximum atomic E-state index is 12.7. The smallest absolute Gasteiger partial charge is 0.262 e. The van der Waals surface area contributed by atoms with Crippen LogP contribution in [0.3, 0.4) is 0 Å². The van der Waals surface area contributed by atoms with Crippen LogP contribution in [0.5, 0.6) is 0 Å². The highest BCUT2D eigenvalue weighted by molar-refractivity contribution is 7.71. The fourth-order valence-corrected chi connectivity index (χ4v) is 4.48. The molecule has 0 aliphatic rings. The Kier molecular flexibility index (Phi) is 5.80. The third-order valence-electron chi connectivity index (χ3n) is 4.66. The first-order chi connectivity index (χ1) is 14.5. The molecule has 0 atom stereocenters. The summed E-state index contributed by atoms with van der Waals surface area (Å²) in [7, 11) is 0. The topological polar surface area (TPSA) is 79.8 Å². The van der Waals surface area contributed by atoms with E-state index in [1.165, 1.54) is 15.9 Å². The molecule has 0 aliphatic carbocycles. The number of halogens is 1. The highest BCUT2D eigenvalue weighted by atomic mass is 35.5. The standard InChI is InChI=1S/C21H17ClN4O2S2/c1-2-26-19(28)15-8-7-13(10-17(15)24-21(26)29)18(27)25-20-23-11-14(30-20)9-12-5-3-4-6-16(12)22/h3-8,10-11H,2,9H2,1H3,(H,24,29)(H,23,25,27). The second-order valence-electron chi connectivity index (χ2n) is 6.59. The van der Waals surface area contributed by atoms with Gasteiger partial charge in [0.2, 0.25) is 0 Å². The maximum Gasteiger partial charge on any atom is 0.262 e. The average molecular weight is 457 g/mol. The molecule has 0 saturated carbocycles. The number of thiazole rings is 1. The van der Waals surface area contributed by atoms with Crippen LogP contribution in [0.2, 0.25) is 5.02 Å². The minimum atomic E-state index is -0.311. The fourth-order valence-electron chi connectivity index (χ4n) is 3.13. The van der Waals surface area contributed by atoms with Crippen LogP contribution in [0.4, 0.5) is 5.13 Å². The zero-order valence-electron chi connectivity index (χ0n) is 15.9. The number of benzene rings is 2. The van der Waals surface area contributed by atoms with E-state index in [-0.39, 0.29) is 11.5 Å². The molecule has 30 heavy (non-hydrogen) atoms. The van der Waals surface area contributed by atoms with Gasteiger partial charge in [-0.15, -0.1) is 11.3 Å². The Bertz CT molecular complexity index is 1370. The van der Waals surface area contributed by atoms with Crippen molar-refractivity contribution in [3.8, 4) is 0 Å². The number of nitrogens with zero attached hydrogens (tertiary/aromatic N) is 2. The Hall–Kier alpha value is -2.81. The molecule has 2 heterocycles. The lowest BCUT2D eigenvalue weighted by molar-refractivity contribution is 0.102. The normalized spacial score (nSPS) is 11.0. The molecule has 2 aromatic heterocycles. The van der Waals surface area contributed by atoms with Gasteiger partial charge in [0.25, 0.3) is 11.5 Å². The highest BCUT2D eigenvalue weighted by Crippen LogP contribution is 2.25. The number of hydrogen-bond acceptors (Lipinski definition) is 5. The van der Waals surface area contributed by atoms with Gasteiger partial charge in [-0.25, -0.2) is 4.98 Å². The third-order valence-corrected chi connectivity index (χ3v) is 6.26. The number of aromatic amines is 1. The van der Waals surface area contributed by atoms with Gasteiger partial charge >= 0.3 is 0 Å². The number of carbonyl (C=O) groups is 1. The molecule has 4 rings (SSSR count). The van der Waals surface area contributed by atoms with Crippen molar-refractivity contribution in [1.82, 2.24) is 14.5 Å². The molecule has 0 radical (unpaired) electrons. The molecule has 0 aliphatic heterocycles. The summed E-state index contributed by atoms with van der Waals surface area (Å²) in [4.78, 5) is 33.5. The first kappa shape index (κ1) is 20.5. The molecule has 9 heteroatoms. The second kappa shape index (κ2) is 8.51. The molecule has 152 valence electrons. The maximum absolute atomic E-state index is 12.7. The molecule has 0 bridgehead atoms. The van der Waals surface area contributed by atoms with E-state index in [9.17, 15) is 9.59 Å². The molecule has 6 nitrogen and oxygen atoms in total. The Labute approximate surface area is 186 Å². The third kappa shape index (κ3) is 4.07. The van der Waals surface area contributed by atoms with Crippen molar-refractivity contribution in [2.24, 2.45) is 0 Å². The summed E-state index contributed by atoms with van der Waals surface area (Å²) in [5, 5.41) is 4.49. The van der Waals surface area contributed by atoms with Crippen LogP contribution in [0.1, 0.15) is 27.7 Å². The van der Waals surface area contributed by atoms with E-state index in [0.29, 0.717) is 44.4 Å². The average Bonchev–Trinajstić information content (AvgIpc) is 3.16. The lowest BCUT2D eigenvalue weighted by Gasteiger charge is -2.07. The predicted octanol–water partition coefficient (Wildman–Crippen LogP) is 5.03. The number of rotatable bonds is 5. The van der Waals surface area contributed by atoms with Gasteiger partial charge in [0.15, 0.2) is 9.90 Å². The Balaban J connectivity index is 1.55. The van der Waals surface area contributed by atoms with Crippen molar-refractivity contribution in [2.45, 2.75) is 19.9 Å². The molecule has 0 unspecified atom stereocenters. The molecule has 4 aromatic rings. The van der Waals surface area contributed by atoms with Crippen LogP contribution in [0.25, 0.3) is 10.9 Å². The van der Waals surface area contributed by atoms with Gasteiger partial charge in [0.1, 0.15) is 0 Å². The van der Waals surface area contributed by atoms with Crippen LogP contribution in [0, 0.1) is 4.77 Å². The zero-order chi connectivity index (χ0) is 21.3. The number of aromatic nitrogens is 3. The quantitative estimate of drug-likeness (QED) is 0.413. The van der Waals surface area contributed by atoms with Gasteiger partial charge in [-0.3, -0.25) is 19.5 Å². The minimum Gasteiger partial charge on any atom is -0.332 e. The van der Waals surface area contributed by atoms with Crippen molar-refractivity contribution < 1.29 is 4.79 Å². The Morgan fingerprint density at radius 3 is 2.87 bits per heavy atom. The van der Waals surface area contributed by atoms with Crippen molar-refractivity contribution in [2.75, 3.05) is 5.32 Å². The Morgan fingerprint density at radius 1 is 1.30 bits per heavy atom. The first-order valence-corrected chi connectivity index (χ1v) is 10.8. The molecular formula is C21H17ClN4O2S2. The van der Waals surface area contributed by atoms with Crippen LogP contribution in [-0.2, 0) is 13.0 Å². The van der Waals surface area contributed by atoms with E-state index < -0.39 is 0 Å². The summed E-state index contributed by atoms with van der Waals surface area (Å²) in [5.41, 5.74) is 1.76. The van der Waals surface area contributed by atoms with Gasteiger partial charge in [-0.1, -0.05) is 29.8 Å². The first-order valence-electron chi connectivity index (χ1n) is 9.22. The van der Waals surface area contributed by atoms with Crippen molar-refractivity contribution in [3.05, 3.63) is 84.8 Å². The van der Waals surface area contributed by atoms with E-state index >= 15 is 0 Å². The predicted molar refractivity (Wildman–Crippen MR) is 123 cm³/mol. The highest BCUT2D eigenvalue weighted by Gasteiger charge is 2.13. The molecular weight excluding hydrogens is 440 g/mol. The van der Waals surface area contributed by atoms with E-state index in [4.69, 9.17) is 23.8 Å². The molecule has 2 aromatic carbocycles. The van der Waals surface area contributed by atoms with Crippen LogP contribution >= 0.6 is 35.2 Å². The molecule has 2 N–H and O–H groups in total. The van der Waals surface area contributed by atoms with Gasteiger partial charge in [-0.2, -0.15) is 0 Å². The molecule has 0 saturated heterocycles. The second-order valence-corrected chi connectivity index (χ2v) is 8.50. The van der Waals surface area contributed by atoms with Crippen molar-refractivity contribution in [3.63, 3.8) is 0 Å². The number of amides is 1. The van der Waals surface area contributed by atoms with Crippen LogP contribution < -0.4 is 10.9 Å². The number of hydrogen-bond donors (Lipinski definition) is 2. The number of nitrogens with one attached hydrogen (secondary N) is 2. The number of carbonyl (C=O) groups excluding carboxylic acids is 1. The summed E-state index contributed by atoms with van der Waals surface area (Å²) in [6, 6.07) is 12.5. The molecule has 1 amide bonds. The number of fused-ring (bicyclic) bond motifs is 1. The summed E-state index contributed by atoms with van der Waals surface area (Å²) in [5.74, 6) is -0.311. The zero-order valence-corrected chi connectivity index (χ0v) is 18.3. The summed E-state index contributed by atoms with van der Waals surface area (Å²) < 4.78 is 1.81. The molecule has 0 spiro atoms. The van der Waals surface area contributed by atoms with E-state index in [1.54, 1.807) is 24.4 Å². The van der Waals surface area contributed by atoms with Gasteiger partial charge < -0.3 is 4.98 Å². The van der Waals surface area contributed by atoms with Crippen molar-refractivity contribution in [1.29, 1.82) is 0 Å². The van der Waals surface area contributed by atoms with E-state index in [1.807, 2.05) is 31.2 Å². The number of anilines is 1. The van der Waals surface area contributed by atoms with Crippen molar-refractivity contribution >= 4 is 57.1 Å². The van der Waals surface area contributed by atoms with Gasteiger partial charge in [-0.05, 0) is 49.0 Å². The summed E-state index contributed by atoms with van der Waals surface area (Å²) in [6.45, 7) is 2.33. The largest absolute Gasteiger partial charge is 0.332 e. The lowest BCUT2D eigenvalue weighted by atomic mass is 10.1. The van der Waals surface area contributed by atoms with Crippen LogP contribution in [0.15, 0.2) is 53.5 Å². The monoisotopic (exact) mass is 456 g/mol. The summed E-state index contributed by atoms with van der Waals surface area (Å²) in [6.07, 6.45) is 2.37. The van der Waals surface area contributed by atoms with Gasteiger partial charge in [0, 0.05) is 34.6 Å². The Morgan fingerprint density at radius 2 is 2.10 bits per heavy atom. The molecule has 0 fully saturated rings. The fraction of sp³-hybridized carbons (Fsp3) is 0.143. The number of H-pyrrole nitrogens is 1. The summed E-state index contributed by atoms with van der Waals surface area (Å²) >= 11 is 12.8.